The molecule has 1 heterocycles. The van der Waals surface area contributed by atoms with E-state index in [2.05, 4.69) is 140 Å². The normalized spacial score (nSPS) is 15.9. The number of imidazole rings is 1. The van der Waals surface area contributed by atoms with E-state index in [-0.39, 0.29) is 17.5 Å². The van der Waals surface area contributed by atoms with Crippen molar-refractivity contribution in [3.05, 3.63) is 192 Å². The van der Waals surface area contributed by atoms with E-state index in [1.54, 1.807) is 0 Å². The summed E-state index contributed by atoms with van der Waals surface area (Å²) in [6.07, 6.45) is 6.62. The zero-order valence-electron chi connectivity index (χ0n) is 26.2. The van der Waals surface area contributed by atoms with E-state index in [0.717, 1.165) is 44.7 Å². The summed E-state index contributed by atoms with van der Waals surface area (Å²) in [5.74, 6) is 0.382. The predicted octanol–water partition coefficient (Wildman–Crippen LogP) is 10.6. The first-order valence-electron chi connectivity index (χ1n) is 16.2. The number of rotatable bonds is 6. The summed E-state index contributed by atoms with van der Waals surface area (Å²) in [6, 6.07) is 54.5. The standard InChI is InChI=1S/C44H34N2O/c1-31-27-28-36(30-41(31)40-24-11-10-22-38(40)33-17-6-3-7-18-33)46-43-26-13-12-25-42(43)45(44(46)47)35-20-14-19-34(29-35)39-23-9-8-21-37(39)32-15-4-2-5-16-32/h2-31,41H,1H3. The maximum Gasteiger partial charge on any atom is 0.338 e. The number of fused-ring (bicyclic) bond motifs is 1. The minimum Gasteiger partial charge on any atom is -0.261 e. The van der Waals surface area contributed by atoms with Gasteiger partial charge in [0.15, 0.2) is 0 Å². The van der Waals surface area contributed by atoms with Gasteiger partial charge >= 0.3 is 5.69 Å². The Morgan fingerprint density at radius 3 is 1.74 bits per heavy atom. The molecule has 1 aliphatic carbocycles. The number of hydrogen-bond donors (Lipinski definition) is 0. The van der Waals surface area contributed by atoms with Gasteiger partial charge in [0.05, 0.1) is 16.7 Å². The van der Waals surface area contributed by atoms with Crippen LogP contribution in [0.15, 0.2) is 181 Å². The minimum atomic E-state index is -0.0831. The molecule has 0 amide bonds. The minimum absolute atomic E-state index is 0.0831. The van der Waals surface area contributed by atoms with Crippen LogP contribution in [0, 0.1) is 5.92 Å². The molecule has 1 aliphatic rings. The van der Waals surface area contributed by atoms with Crippen molar-refractivity contribution in [2.45, 2.75) is 12.8 Å². The van der Waals surface area contributed by atoms with E-state index in [1.165, 1.54) is 16.7 Å². The molecule has 0 radical (unpaired) electrons. The Kier molecular flexibility index (Phi) is 7.35. The largest absolute Gasteiger partial charge is 0.338 e. The molecule has 7 aromatic rings. The Bertz CT molecular complexity index is 2340. The van der Waals surface area contributed by atoms with Gasteiger partial charge in [0.1, 0.15) is 0 Å². The summed E-state index contributed by atoms with van der Waals surface area (Å²) in [7, 11) is 0. The van der Waals surface area contributed by atoms with Crippen LogP contribution in [0.5, 0.6) is 0 Å². The third kappa shape index (κ3) is 5.16. The molecule has 2 atom stereocenters. The topological polar surface area (TPSA) is 26.9 Å². The van der Waals surface area contributed by atoms with Crippen molar-refractivity contribution < 1.29 is 0 Å². The van der Waals surface area contributed by atoms with E-state index in [9.17, 15) is 4.79 Å². The third-order valence-electron chi connectivity index (χ3n) is 9.32. The van der Waals surface area contributed by atoms with E-state index < -0.39 is 0 Å². The second-order valence-corrected chi connectivity index (χ2v) is 12.2. The molecule has 3 heteroatoms. The summed E-state index contributed by atoms with van der Waals surface area (Å²) in [4.78, 5) is 14.6. The summed E-state index contributed by atoms with van der Waals surface area (Å²) in [5.41, 5.74) is 11.6. The Balaban J connectivity index is 1.26. The Hall–Kier alpha value is -5.93. The number of aromatic nitrogens is 2. The first-order valence-corrected chi connectivity index (χ1v) is 16.2. The van der Waals surface area contributed by atoms with Gasteiger partial charge in [-0.15, -0.1) is 0 Å². The zero-order valence-corrected chi connectivity index (χ0v) is 26.2. The molecule has 47 heavy (non-hydrogen) atoms. The highest BCUT2D eigenvalue weighted by molar-refractivity contribution is 5.86. The van der Waals surface area contributed by atoms with Crippen molar-refractivity contribution >= 4 is 16.7 Å². The lowest BCUT2D eigenvalue weighted by atomic mass is 9.80. The molecule has 0 N–H and O–H groups in total. The average Bonchev–Trinajstić information content (AvgIpc) is 3.44. The maximum atomic E-state index is 14.6. The average molecular weight is 607 g/mol. The van der Waals surface area contributed by atoms with Crippen molar-refractivity contribution in [1.82, 2.24) is 9.13 Å². The molecule has 2 unspecified atom stereocenters. The predicted molar refractivity (Wildman–Crippen MR) is 196 cm³/mol. The monoisotopic (exact) mass is 606 g/mol. The Labute approximate surface area is 275 Å². The molecule has 1 aromatic heterocycles. The van der Waals surface area contributed by atoms with Gasteiger partial charge in [0, 0.05) is 11.6 Å². The highest BCUT2D eigenvalue weighted by atomic mass is 16.1. The van der Waals surface area contributed by atoms with Crippen LogP contribution in [0.4, 0.5) is 0 Å². The molecular weight excluding hydrogens is 572 g/mol. The van der Waals surface area contributed by atoms with Crippen molar-refractivity contribution in [2.24, 2.45) is 5.92 Å². The number of hydrogen-bond acceptors (Lipinski definition) is 1. The highest BCUT2D eigenvalue weighted by Crippen LogP contribution is 2.39. The van der Waals surface area contributed by atoms with Gasteiger partial charge < -0.3 is 0 Å². The number of allylic oxidation sites excluding steroid dienone is 4. The molecule has 0 bridgehead atoms. The maximum absolute atomic E-state index is 14.6. The van der Waals surface area contributed by atoms with Crippen molar-refractivity contribution in [1.29, 1.82) is 0 Å². The van der Waals surface area contributed by atoms with Crippen molar-refractivity contribution in [2.75, 3.05) is 0 Å². The molecule has 0 fully saturated rings. The zero-order chi connectivity index (χ0) is 31.7. The molecule has 0 saturated heterocycles. The van der Waals surface area contributed by atoms with E-state index in [0.29, 0.717) is 0 Å². The molecule has 0 spiro atoms. The lowest BCUT2D eigenvalue weighted by Crippen LogP contribution is -2.24. The molecule has 0 saturated carbocycles. The Morgan fingerprint density at radius 1 is 0.511 bits per heavy atom. The van der Waals surface area contributed by atoms with Crippen molar-refractivity contribution in [3.63, 3.8) is 0 Å². The van der Waals surface area contributed by atoms with E-state index >= 15 is 0 Å². The first-order chi connectivity index (χ1) is 23.2. The van der Waals surface area contributed by atoms with Gasteiger partial charge in [0.2, 0.25) is 0 Å². The van der Waals surface area contributed by atoms with Crippen molar-refractivity contribution in [3.8, 4) is 39.1 Å². The third-order valence-corrected chi connectivity index (χ3v) is 9.32. The van der Waals surface area contributed by atoms with Crippen LogP contribution < -0.4 is 5.69 Å². The second kappa shape index (κ2) is 12.1. The number of benzene rings is 6. The van der Waals surface area contributed by atoms with Crippen LogP contribution in [0.1, 0.15) is 18.4 Å². The number of nitrogens with zero attached hydrogens (tertiary/aromatic N) is 2. The molecule has 3 nitrogen and oxygen atoms in total. The van der Waals surface area contributed by atoms with Gasteiger partial charge in [-0.05, 0) is 75.2 Å². The Morgan fingerprint density at radius 2 is 1.04 bits per heavy atom. The van der Waals surface area contributed by atoms with E-state index in [1.807, 2.05) is 51.6 Å². The van der Waals surface area contributed by atoms with Crippen LogP contribution in [0.2, 0.25) is 0 Å². The summed E-state index contributed by atoms with van der Waals surface area (Å²) < 4.78 is 3.73. The van der Waals surface area contributed by atoms with Gasteiger partial charge in [-0.1, -0.05) is 153 Å². The van der Waals surface area contributed by atoms with Gasteiger partial charge in [-0.3, -0.25) is 9.13 Å². The molecule has 8 rings (SSSR count). The smallest absolute Gasteiger partial charge is 0.261 e. The fraction of sp³-hybridized carbons (Fsp3) is 0.0682. The lowest BCUT2D eigenvalue weighted by molar-refractivity contribution is 0.635. The highest BCUT2D eigenvalue weighted by Gasteiger charge is 2.25. The SMILES string of the molecule is CC1C=CC(n2c(=O)n(-c3cccc(-c4ccccc4-c4ccccc4)c3)c3ccccc32)=CC1c1ccccc1-c1ccccc1. The van der Waals surface area contributed by atoms with Gasteiger partial charge in [-0.2, -0.15) is 0 Å². The molecular formula is C44H34N2O. The van der Waals surface area contributed by atoms with E-state index in [4.69, 9.17) is 0 Å². The molecule has 226 valence electrons. The second-order valence-electron chi connectivity index (χ2n) is 12.2. The van der Waals surface area contributed by atoms with Gasteiger partial charge in [0.25, 0.3) is 0 Å². The number of para-hydroxylation sites is 2. The molecule has 0 aliphatic heterocycles. The van der Waals surface area contributed by atoms with Crippen LogP contribution in [-0.2, 0) is 0 Å². The lowest BCUT2D eigenvalue weighted by Gasteiger charge is -2.26. The van der Waals surface area contributed by atoms with Crippen LogP contribution in [-0.4, -0.2) is 9.13 Å². The summed E-state index contributed by atoms with van der Waals surface area (Å²) in [5, 5.41) is 0. The van der Waals surface area contributed by atoms with Crippen LogP contribution in [0.3, 0.4) is 0 Å². The first kappa shape index (κ1) is 28.5. The quantitative estimate of drug-likeness (QED) is 0.185. The molecule has 6 aromatic carbocycles. The fourth-order valence-electron chi connectivity index (χ4n) is 7.02. The summed E-state index contributed by atoms with van der Waals surface area (Å²) in [6.45, 7) is 2.25. The van der Waals surface area contributed by atoms with Gasteiger partial charge in [-0.25, -0.2) is 4.79 Å². The fourth-order valence-corrected chi connectivity index (χ4v) is 7.02. The van der Waals surface area contributed by atoms with Crippen LogP contribution in [0.25, 0.3) is 55.8 Å². The summed E-state index contributed by atoms with van der Waals surface area (Å²) >= 11 is 0. The van der Waals surface area contributed by atoms with Crippen LogP contribution >= 0.6 is 0 Å².